The Bertz CT molecular complexity index is 832. The molecule has 6 heteroatoms. The minimum Gasteiger partial charge on any atom is -0.282 e. The van der Waals surface area contributed by atoms with Crippen molar-refractivity contribution in [3.63, 3.8) is 0 Å². The molecule has 1 aliphatic rings. The minimum absolute atomic E-state index is 0.0106. The normalized spacial score (nSPS) is 19.9. The van der Waals surface area contributed by atoms with Crippen molar-refractivity contribution in [3.05, 3.63) is 47.3 Å². The van der Waals surface area contributed by atoms with Gasteiger partial charge in [0, 0.05) is 24.7 Å². The molecular formula is C19H27N3O2S. The van der Waals surface area contributed by atoms with Gasteiger partial charge in [0.25, 0.3) is 0 Å². The van der Waals surface area contributed by atoms with E-state index in [4.69, 9.17) is 0 Å². The van der Waals surface area contributed by atoms with Crippen LogP contribution in [0.2, 0.25) is 0 Å². The van der Waals surface area contributed by atoms with E-state index in [0.29, 0.717) is 18.0 Å². The van der Waals surface area contributed by atoms with Crippen molar-refractivity contribution in [1.29, 1.82) is 0 Å². The number of aromatic nitrogens is 2. The van der Waals surface area contributed by atoms with Crippen LogP contribution in [0.15, 0.2) is 35.4 Å². The second-order valence-corrected chi connectivity index (χ2v) is 9.88. The van der Waals surface area contributed by atoms with Gasteiger partial charge in [-0.2, -0.15) is 9.40 Å². The molecule has 1 fully saturated rings. The molecule has 0 aliphatic carbocycles. The molecular weight excluding hydrogens is 334 g/mol. The molecule has 1 aliphatic heterocycles. The summed E-state index contributed by atoms with van der Waals surface area (Å²) in [5.41, 5.74) is 3.30. The first-order valence-electron chi connectivity index (χ1n) is 8.80. The first-order chi connectivity index (χ1) is 11.7. The topological polar surface area (TPSA) is 66.1 Å². The van der Waals surface area contributed by atoms with Crippen LogP contribution in [0.25, 0.3) is 0 Å². The molecule has 25 heavy (non-hydrogen) atoms. The van der Waals surface area contributed by atoms with Crippen molar-refractivity contribution in [3.8, 4) is 0 Å². The maximum absolute atomic E-state index is 13.0. The maximum atomic E-state index is 13.0. The highest BCUT2D eigenvalue weighted by Gasteiger charge is 2.32. The maximum Gasteiger partial charge on any atom is 0.243 e. The Morgan fingerprint density at radius 2 is 1.88 bits per heavy atom. The zero-order valence-electron chi connectivity index (χ0n) is 15.4. The molecule has 3 rings (SSSR count). The van der Waals surface area contributed by atoms with Crippen LogP contribution in [-0.4, -0.2) is 36.0 Å². The fraction of sp³-hybridized carbons (Fsp3) is 0.526. The summed E-state index contributed by atoms with van der Waals surface area (Å²) in [7, 11) is -3.46. The Balaban J connectivity index is 1.83. The zero-order valence-corrected chi connectivity index (χ0v) is 16.2. The Kier molecular flexibility index (Phi) is 4.77. The van der Waals surface area contributed by atoms with Crippen molar-refractivity contribution in [1.82, 2.24) is 14.5 Å². The number of sulfonamides is 1. The lowest BCUT2D eigenvalue weighted by Crippen LogP contribution is -2.39. The van der Waals surface area contributed by atoms with E-state index in [1.807, 2.05) is 19.1 Å². The second kappa shape index (κ2) is 6.57. The van der Waals surface area contributed by atoms with E-state index < -0.39 is 10.0 Å². The number of hydrogen-bond donors (Lipinski definition) is 1. The Hall–Kier alpha value is -1.66. The number of benzene rings is 1. The molecule has 0 radical (unpaired) electrons. The van der Waals surface area contributed by atoms with Crippen LogP contribution in [-0.2, 0) is 15.4 Å². The number of rotatable bonds is 3. The summed E-state index contributed by atoms with van der Waals surface area (Å²) in [6.07, 6.45) is 3.65. The van der Waals surface area contributed by atoms with Crippen LogP contribution >= 0.6 is 0 Å². The molecule has 1 saturated heterocycles. The number of nitrogens with one attached hydrogen (secondary N) is 1. The van der Waals surface area contributed by atoms with Crippen LogP contribution in [0.3, 0.4) is 0 Å². The molecule has 1 N–H and O–H groups in total. The number of aryl methyl sites for hydroxylation is 1. The molecule has 0 unspecified atom stereocenters. The zero-order chi connectivity index (χ0) is 18.2. The van der Waals surface area contributed by atoms with E-state index in [-0.39, 0.29) is 11.3 Å². The van der Waals surface area contributed by atoms with Crippen molar-refractivity contribution in [2.45, 2.75) is 56.8 Å². The predicted octanol–water partition coefficient (Wildman–Crippen LogP) is 3.58. The molecule has 0 bridgehead atoms. The lowest BCUT2D eigenvalue weighted by atomic mass is 9.87. The van der Waals surface area contributed by atoms with Gasteiger partial charge >= 0.3 is 0 Å². The fourth-order valence-electron chi connectivity index (χ4n) is 3.44. The SMILES string of the molecule is Cc1cn[nH]c1[C@H]1CCCN(S(=O)(=O)c2ccc(C(C)(C)C)cc2)C1. The van der Waals surface area contributed by atoms with Crippen molar-refractivity contribution >= 4 is 10.0 Å². The van der Waals surface area contributed by atoms with Crippen LogP contribution < -0.4 is 0 Å². The quantitative estimate of drug-likeness (QED) is 0.908. The highest BCUT2D eigenvalue weighted by Crippen LogP contribution is 2.31. The average molecular weight is 362 g/mol. The van der Waals surface area contributed by atoms with Gasteiger partial charge in [-0.3, -0.25) is 5.10 Å². The third-order valence-corrected chi connectivity index (χ3v) is 6.90. The Morgan fingerprint density at radius 3 is 2.44 bits per heavy atom. The molecule has 1 aromatic heterocycles. The highest BCUT2D eigenvalue weighted by molar-refractivity contribution is 7.89. The van der Waals surface area contributed by atoms with Gasteiger partial charge in [-0.15, -0.1) is 0 Å². The summed E-state index contributed by atoms with van der Waals surface area (Å²) in [5, 5.41) is 7.12. The van der Waals surface area contributed by atoms with Crippen LogP contribution in [0.4, 0.5) is 0 Å². The molecule has 2 heterocycles. The third-order valence-electron chi connectivity index (χ3n) is 5.02. The van der Waals surface area contributed by atoms with Gasteiger partial charge in [0.1, 0.15) is 0 Å². The van der Waals surface area contributed by atoms with Gasteiger partial charge in [-0.05, 0) is 48.4 Å². The lowest BCUT2D eigenvalue weighted by Gasteiger charge is -2.32. The van der Waals surface area contributed by atoms with Gasteiger partial charge in [0.05, 0.1) is 11.1 Å². The van der Waals surface area contributed by atoms with Crippen molar-refractivity contribution < 1.29 is 8.42 Å². The molecule has 2 aromatic rings. The highest BCUT2D eigenvalue weighted by atomic mass is 32.2. The first-order valence-corrected chi connectivity index (χ1v) is 10.2. The molecule has 0 amide bonds. The number of aromatic amines is 1. The minimum atomic E-state index is -3.46. The van der Waals surface area contributed by atoms with Crippen LogP contribution in [0.1, 0.15) is 56.4 Å². The summed E-state index contributed by atoms with van der Waals surface area (Å²) >= 11 is 0. The van der Waals surface area contributed by atoms with E-state index in [2.05, 4.69) is 31.0 Å². The first kappa shape index (κ1) is 18.1. The molecule has 0 spiro atoms. The average Bonchev–Trinajstić information content (AvgIpc) is 3.00. The molecule has 136 valence electrons. The summed E-state index contributed by atoms with van der Waals surface area (Å²) in [6, 6.07) is 7.32. The number of H-pyrrole nitrogens is 1. The summed E-state index contributed by atoms with van der Waals surface area (Å²) in [6.45, 7) is 9.46. The largest absolute Gasteiger partial charge is 0.282 e. The van der Waals surface area contributed by atoms with Gasteiger partial charge in [0.15, 0.2) is 0 Å². The smallest absolute Gasteiger partial charge is 0.243 e. The van der Waals surface area contributed by atoms with Crippen LogP contribution in [0.5, 0.6) is 0 Å². The second-order valence-electron chi connectivity index (χ2n) is 7.94. The molecule has 0 saturated carbocycles. The molecule has 1 atom stereocenters. The van der Waals surface area contributed by atoms with E-state index in [1.54, 1.807) is 22.6 Å². The predicted molar refractivity (Wildman–Crippen MR) is 99.2 cm³/mol. The van der Waals surface area contributed by atoms with E-state index in [9.17, 15) is 8.42 Å². The van der Waals surface area contributed by atoms with Crippen LogP contribution in [0, 0.1) is 6.92 Å². The summed E-state index contributed by atoms with van der Waals surface area (Å²) in [4.78, 5) is 0.377. The molecule has 5 nitrogen and oxygen atoms in total. The van der Waals surface area contributed by atoms with E-state index >= 15 is 0 Å². The molecule has 1 aromatic carbocycles. The van der Waals surface area contributed by atoms with Gasteiger partial charge in [-0.1, -0.05) is 32.9 Å². The van der Waals surface area contributed by atoms with E-state index in [0.717, 1.165) is 29.7 Å². The number of nitrogens with zero attached hydrogens (tertiary/aromatic N) is 2. The van der Waals surface area contributed by atoms with Crippen molar-refractivity contribution in [2.24, 2.45) is 0 Å². The van der Waals surface area contributed by atoms with E-state index in [1.165, 1.54) is 0 Å². The summed E-state index contributed by atoms with van der Waals surface area (Å²) < 4.78 is 27.7. The lowest BCUT2D eigenvalue weighted by molar-refractivity contribution is 0.312. The monoisotopic (exact) mass is 361 g/mol. The summed E-state index contributed by atoms with van der Waals surface area (Å²) in [5.74, 6) is 0.180. The Labute approximate surface area is 150 Å². The van der Waals surface area contributed by atoms with Gasteiger partial charge in [-0.25, -0.2) is 8.42 Å². The third kappa shape index (κ3) is 3.65. The van der Waals surface area contributed by atoms with Crippen molar-refractivity contribution in [2.75, 3.05) is 13.1 Å². The van der Waals surface area contributed by atoms with Gasteiger partial charge in [0.2, 0.25) is 10.0 Å². The Morgan fingerprint density at radius 1 is 1.20 bits per heavy atom. The van der Waals surface area contributed by atoms with Gasteiger partial charge < -0.3 is 0 Å². The standard InChI is InChI=1S/C19H27N3O2S/c1-14-12-20-21-18(14)15-6-5-11-22(13-15)25(23,24)17-9-7-16(8-10-17)19(2,3)4/h7-10,12,15H,5-6,11,13H2,1-4H3,(H,20,21)/t15-/m0/s1. The fourth-order valence-corrected chi connectivity index (χ4v) is 4.97. The number of piperidine rings is 1. The number of hydrogen-bond acceptors (Lipinski definition) is 3.